The third-order valence-corrected chi connectivity index (χ3v) is 5.13. The zero-order valence-electron chi connectivity index (χ0n) is 14.0. The Labute approximate surface area is 145 Å². The van der Waals surface area contributed by atoms with Gasteiger partial charge in [0.15, 0.2) is 0 Å². The number of carbonyl (C=O) groups is 2. The van der Waals surface area contributed by atoms with Crippen LogP contribution in [0.1, 0.15) is 55.2 Å². The number of nitrogens with zero attached hydrogens (tertiary/aromatic N) is 2. The molecule has 0 aliphatic heterocycles. The molecule has 24 heavy (non-hydrogen) atoms. The van der Waals surface area contributed by atoms with Gasteiger partial charge in [0, 0.05) is 19.7 Å². The van der Waals surface area contributed by atoms with Gasteiger partial charge in [0.2, 0.25) is 0 Å². The van der Waals surface area contributed by atoms with Crippen molar-refractivity contribution >= 4 is 23.2 Å². The molecule has 1 aromatic carbocycles. The Hall–Kier alpha value is -2.21. The predicted molar refractivity (Wildman–Crippen MR) is 92.4 cm³/mol. The number of aryl methyl sites for hydroxylation is 2. The zero-order chi connectivity index (χ0) is 17.3. The Morgan fingerprint density at radius 2 is 1.88 bits per heavy atom. The fourth-order valence-corrected chi connectivity index (χ4v) is 3.86. The minimum absolute atomic E-state index is 0.0908. The highest BCUT2D eigenvalue weighted by atomic mass is 32.1. The number of rotatable bonds is 3. The Kier molecular flexibility index (Phi) is 4.66. The molecule has 126 valence electrons. The highest BCUT2D eigenvalue weighted by Gasteiger charge is 2.27. The van der Waals surface area contributed by atoms with Crippen LogP contribution in [0.3, 0.4) is 0 Å². The summed E-state index contributed by atoms with van der Waals surface area (Å²) in [6, 6.07) is 6.59. The number of fused-ring (bicyclic) bond motifs is 1. The zero-order valence-corrected chi connectivity index (χ0v) is 14.9. The van der Waals surface area contributed by atoms with Crippen molar-refractivity contribution in [3.05, 3.63) is 51.0 Å². The summed E-state index contributed by atoms with van der Waals surface area (Å²) >= 11 is 1.61. The standard InChI is InChI=1S/C18H20N2O3S/c1-11-19-14-5-4-6-15(16(14)24-11)23-18(22)13-9-7-12(8-10-13)17(21)20(2)3/h7-10,15H,4-6H2,1-3H3. The lowest BCUT2D eigenvalue weighted by Gasteiger charge is -2.21. The molecule has 1 aliphatic rings. The van der Waals surface area contributed by atoms with Crippen LogP contribution < -0.4 is 0 Å². The van der Waals surface area contributed by atoms with Crippen LogP contribution in [0, 0.1) is 6.92 Å². The van der Waals surface area contributed by atoms with Crippen molar-refractivity contribution in [1.82, 2.24) is 9.88 Å². The first-order valence-corrected chi connectivity index (χ1v) is 8.76. The summed E-state index contributed by atoms with van der Waals surface area (Å²) in [7, 11) is 3.39. The Balaban J connectivity index is 1.73. The van der Waals surface area contributed by atoms with E-state index in [9.17, 15) is 9.59 Å². The molecule has 1 aromatic heterocycles. The first-order valence-electron chi connectivity index (χ1n) is 7.94. The summed E-state index contributed by atoms with van der Waals surface area (Å²) in [5, 5.41) is 1.01. The van der Waals surface area contributed by atoms with Crippen LogP contribution in [0.25, 0.3) is 0 Å². The SMILES string of the molecule is Cc1nc2c(s1)C(OC(=O)c1ccc(C(=O)N(C)C)cc1)CCC2. The monoisotopic (exact) mass is 344 g/mol. The van der Waals surface area contributed by atoms with Crippen molar-refractivity contribution < 1.29 is 14.3 Å². The van der Waals surface area contributed by atoms with Crippen molar-refractivity contribution in [2.75, 3.05) is 14.1 Å². The van der Waals surface area contributed by atoms with Gasteiger partial charge in [-0.05, 0) is 50.5 Å². The molecule has 0 N–H and O–H groups in total. The van der Waals surface area contributed by atoms with Crippen LogP contribution in [0.15, 0.2) is 24.3 Å². The molecule has 1 amide bonds. The van der Waals surface area contributed by atoms with E-state index in [-0.39, 0.29) is 18.0 Å². The topological polar surface area (TPSA) is 59.5 Å². The molecular formula is C18H20N2O3S. The second kappa shape index (κ2) is 6.73. The van der Waals surface area contributed by atoms with Gasteiger partial charge in [-0.25, -0.2) is 9.78 Å². The van der Waals surface area contributed by atoms with E-state index in [1.165, 1.54) is 4.90 Å². The van der Waals surface area contributed by atoms with Gasteiger partial charge >= 0.3 is 5.97 Å². The fraction of sp³-hybridized carbons (Fsp3) is 0.389. The molecule has 0 fully saturated rings. The summed E-state index contributed by atoms with van der Waals surface area (Å²) in [4.78, 5) is 31.4. The van der Waals surface area contributed by atoms with Crippen molar-refractivity contribution in [2.45, 2.75) is 32.3 Å². The maximum absolute atomic E-state index is 12.4. The highest BCUT2D eigenvalue weighted by Crippen LogP contribution is 2.36. The number of hydrogen-bond donors (Lipinski definition) is 0. The quantitative estimate of drug-likeness (QED) is 0.801. The van der Waals surface area contributed by atoms with E-state index in [4.69, 9.17) is 4.74 Å². The summed E-state index contributed by atoms with van der Waals surface area (Å²) in [5.41, 5.74) is 2.07. The number of esters is 1. The largest absolute Gasteiger partial charge is 0.453 e. The molecule has 6 heteroatoms. The molecule has 0 bridgehead atoms. The van der Waals surface area contributed by atoms with Gasteiger partial charge in [-0.1, -0.05) is 0 Å². The van der Waals surface area contributed by atoms with Crippen LogP contribution in [-0.4, -0.2) is 35.9 Å². The minimum atomic E-state index is -0.359. The van der Waals surface area contributed by atoms with Gasteiger partial charge < -0.3 is 9.64 Å². The van der Waals surface area contributed by atoms with Gasteiger partial charge in [-0.2, -0.15) is 0 Å². The average molecular weight is 344 g/mol. The Morgan fingerprint density at radius 1 is 1.21 bits per heavy atom. The van der Waals surface area contributed by atoms with E-state index < -0.39 is 0 Å². The molecule has 1 atom stereocenters. The fourth-order valence-electron chi connectivity index (χ4n) is 2.82. The van der Waals surface area contributed by atoms with Crippen LogP contribution in [-0.2, 0) is 11.2 Å². The number of amides is 1. The van der Waals surface area contributed by atoms with E-state index in [1.807, 2.05) is 6.92 Å². The number of thiazole rings is 1. The van der Waals surface area contributed by atoms with Crippen LogP contribution in [0.4, 0.5) is 0 Å². The lowest BCUT2D eigenvalue weighted by Crippen LogP contribution is -2.21. The smallest absolute Gasteiger partial charge is 0.338 e. The van der Waals surface area contributed by atoms with Crippen molar-refractivity contribution in [2.24, 2.45) is 0 Å². The van der Waals surface area contributed by atoms with E-state index in [2.05, 4.69) is 4.98 Å². The van der Waals surface area contributed by atoms with E-state index in [0.717, 1.165) is 34.8 Å². The first-order chi connectivity index (χ1) is 11.5. The first kappa shape index (κ1) is 16.6. The molecule has 2 aromatic rings. The Bertz CT molecular complexity index is 765. The second-order valence-corrected chi connectivity index (χ2v) is 7.34. The summed E-state index contributed by atoms with van der Waals surface area (Å²) in [6.45, 7) is 1.97. The van der Waals surface area contributed by atoms with Gasteiger partial charge in [0.25, 0.3) is 5.91 Å². The third-order valence-electron chi connectivity index (χ3n) is 4.03. The van der Waals surface area contributed by atoms with E-state index in [0.29, 0.717) is 11.1 Å². The molecule has 0 radical (unpaired) electrons. The summed E-state index contributed by atoms with van der Waals surface area (Å²) < 4.78 is 5.70. The Morgan fingerprint density at radius 3 is 2.54 bits per heavy atom. The van der Waals surface area contributed by atoms with Gasteiger partial charge in [-0.15, -0.1) is 11.3 Å². The van der Waals surface area contributed by atoms with Crippen LogP contribution in [0.2, 0.25) is 0 Å². The predicted octanol–water partition coefficient (Wildman–Crippen LogP) is 3.39. The van der Waals surface area contributed by atoms with Gasteiger partial charge in [0.1, 0.15) is 6.10 Å². The molecule has 1 heterocycles. The minimum Gasteiger partial charge on any atom is -0.453 e. The van der Waals surface area contributed by atoms with E-state index >= 15 is 0 Å². The molecule has 0 saturated carbocycles. The maximum Gasteiger partial charge on any atom is 0.338 e. The molecule has 1 unspecified atom stereocenters. The molecular weight excluding hydrogens is 324 g/mol. The molecule has 3 rings (SSSR count). The molecule has 5 nitrogen and oxygen atoms in total. The lowest BCUT2D eigenvalue weighted by atomic mass is 10.00. The maximum atomic E-state index is 12.4. The van der Waals surface area contributed by atoms with E-state index in [1.54, 1.807) is 49.7 Å². The average Bonchev–Trinajstić information content (AvgIpc) is 2.95. The van der Waals surface area contributed by atoms with Crippen molar-refractivity contribution in [1.29, 1.82) is 0 Å². The number of benzene rings is 1. The molecule has 0 spiro atoms. The number of aromatic nitrogens is 1. The normalized spacial score (nSPS) is 16.4. The number of ether oxygens (including phenoxy) is 1. The van der Waals surface area contributed by atoms with Crippen molar-refractivity contribution in [3.63, 3.8) is 0 Å². The highest BCUT2D eigenvalue weighted by molar-refractivity contribution is 7.11. The second-order valence-electron chi connectivity index (χ2n) is 6.11. The third kappa shape index (κ3) is 3.33. The van der Waals surface area contributed by atoms with Crippen LogP contribution in [0.5, 0.6) is 0 Å². The van der Waals surface area contributed by atoms with Gasteiger partial charge in [-0.3, -0.25) is 4.79 Å². The van der Waals surface area contributed by atoms with Gasteiger partial charge in [0.05, 0.1) is 21.1 Å². The molecule has 1 aliphatic carbocycles. The number of hydrogen-bond acceptors (Lipinski definition) is 5. The van der Waals surface area contributed by atoms with Crippen molar-refractivity contribution in [3.8, 4) is 0 Å². The molecule has 0 saturated heterocycles. The summed E-state index contributed by atoms with van der Waals surface area (Å²) in [5.74, 6) is -0.449. The number of carbonyl (C=O) groups excluding carboxylic acids is 2. The van der Waals surface area contributed by atoms with Crippen LogP contribution >= 0.6 is 11.3 Å². The lowest BCUT2D eigenvalue weighted by molar-refractivity contribution is 0.0264. The summed E-state index contributed by atoms with van der Waals surface area (Å²) in [6.07, 6.45) is 2.55.